The Morgan fingerprint density at radius 2 is 1.24 bits per heavy atom. The third-order valence-electron chi connectivity index (χ3n) is 6.04. The molecule has 1 unspecified atom stereocenters. The fourth-order valence-electron chi connectivity index (χ4n) is 4.29. The highest BCUT2D eigenvalue weighted by Crippen LogP contribution is 2.58. The van der Waals surface area contributed by atoms with Gasteiger partial charge in [-0.1, -0.05) is 75.4 Å². The van der Waals surface area contributed by atoms with Crippen LogP contribution in [0.5, 0.6) is 0 Å². The predicted octanol–water partition coefficient (Wildman–Crippen LogP) is 1.43. The molecule has 0 aliphatic carbocycles. The summed E-state index contributed by atoms with van der Waals surface area (Å²) in [6.45, 7) is 6.25. The molecular weight excluding hydrogens is 463 g/mol. The zero-order valence-electron chi connectivity index (χ0n) is 20.0. The summed E-state index contributed by atoms with van der Waals surface area (Å²) in [7, 11) is -0.921. The van der Waals surface area contributed by atoms with E-state index >= 15 is 0 Å². The maximum atomic E-state index is 13.4. The van der Waals surface area contributed by atoms with Gasteiger partial charge in [0.2, 0.25) is 0 Å². The molecule has 0 saturated carbocycles. The van der Waals surface area contributed by atoms with Crippen molar-refractivity contribution >= 4 is 41.1 Å². The van der Waals surface area contributed by atoms with E-state index in [-0.39, 0.29) is 17.8 Å². The van der Waals surface area contributed by atoms with E-state index in [1.54, 1.807) is 6.21 Å². The summed E-state index contributed by atoms with van der Waals surface area (Å²) in [5.41, 5.74) is -0.751. The first-order chi connectivity index (χ1) is 15.8. The SMILES string of the molecule is COC(=O)C1(C[P+](c2ccccc2)(c2ccccc2)c2ccccc2)N=CC(C(C)(C)C)=N1.[Cl-]. The van der Waals surface area contributed by atoms with E-state index in [0.717, 1.165) is 5.71 Å². The Bertz CT molecular complexity index is 1080. The third-order valence-corrected chi connectivity index (χ3v) is 10.5. The molecule has 0 fully saturated rings. The van der Waals surface area contributed by atoms with Gasteiger partial charge in [-0.25, -0.2) is 14.8 Å². The second-order valence-corrected chi connectivity index (χ2v) is 12.8. The number of aliphatic imine (C=N–C) groups is 2. The van der Waals surface area contributed by atoms with Crippen molar-refractivity contribution in [3.8, 4) is 0 Å². The van der Waals surface area contributed by atoms with Gasteiger partial charge in [-0.05, 0) is 36.4 Å². The maximum Gasteiger partial charge on any atom is 0.360 e. The van der Waals surface area contributed by atoms with Gasteiger partial charge in [0, 0.05) is 11.6 Å². The molecule has 0 radical (unpaired) electrons. The summed E-state index contributed by atoms with van der Waals surface area (Å²) in [5.74, 6) is -0.426. The number of methoxy groups -OCH3 is 1. The van der Waals surface area contributed by atoms with Gasteiger partial charge in [-0.15, -0.1) is 0 Å². The van der Waals surface area contributed by atoms with Gasteiger partial charge in [-0.3, -0.25) is 0 Å². The van der Waals surface area contributed by atoms with Crippen LogP contribution in [-0.2, 0) is 9.53 Å². The summed E-state index contributed by atoms with van der Waals surface area (Å²) in [4.78, 5) is 23.1. The van der Waals surface area contributed by atoms with Crippen LogP contribution in [0.2, 0.25) is 0 Å². The Morgan fingerprint density at radius 3 is 1.56 bits per heavy atom. The standard InChI is InChI=1S/C28H30N2O2P.ClH/c1-27(2,3)25-20-29-28(30-25,26(31)32-4)21-33(22-14-8-5-9-15-22,23-16-10-6-11-17-23)24-18-12-7-13-19-24;/h5-20H,21H2,1-4H3;1H/q+1;/p-1. The zero-order chi connectivity index (χ0) is 23.5. The number of esters is 1. The fourth-order valence-corrected chi connectivity index (χ4v) is 8.72. The molecule has 0 bridgehead atoms. The number of hydrogen-bond acceptors (Lipinski definition) is 4. The first-order valence-corrected chi connectivity index (χ1v) is 13.1. The monoisotopic (exact) mass is 492 g/mol. The highest BCUT2D eigenvalue weighted by Gasteiger charge is 2.57. The van der Waals surface area contributed by atoms with E-state index in [2.05, 4.69) is 93.6 Å². The molecule has 1 heterocycles. The molecule has 1 atom stereocenters. The number of hydrogen-bond donors (Lipinski definition) is 0. The van der Waals surface area contributed by atoms with Gasteiger partial charge in [0.05, 0.1) is 12.8 Å². The number of rotatable bonds is 6. The van der Waals surface area contributed by atoms with Crippen LogP contribution in [0.15, 0.2) is 101 Å². The molecule has 1 aliphatic heterocycles. The number of ether oxygens (including phenoxy) is 1. The van der Waals surface area contributed by atoms with Crippen molar-refractivity contribution in [1.29, 1.82) is 0 Å². The topological polar surface area (TPSA) is 51.0 Å². The Kier molecular flexibility index (Phi) is 7.75. The van der Waals surface area contributed by atoms with E-state index in [9.17, 15) is 4.79 Å². The smallest absolute Gasteiger partial charge is 0.360 e. The Labute approximate surface area is 208 Å². The molecule has 4 nitrogen and oxygen atoms in total. The normalized spacial score (nSPS) is 17.6. The van der Waals surface area contributed by atoms with Crippen LogP contribution in [0.4, 0.5) is 0 Å². The quantitative estimate of drug-likeness (QED) is 0.386. The van der Waals surface area contributed by atoms with E-state index in [0.29, 0.717) is 6.16 Å². The second-order valence-electron chi connectivity index (χ2n) is 9.29. The summed E-state index contributed by atoms with van der Waals surface area (Å²) < 4.78 is 5.31. The van der Waals surface area contributed by atoms with Gasteiger partial charge in [0.25, 0.3) is 5.66 Å². The number of benzene rings is 3. The molecule has 3 aromatic rings. The Hall–Kier alpha value is -2.81. The highest BCUT2D eigenvalue weighted by atomic mass is 35.5. The molecule has 3 aromatic carbocycles. The number of carbonyl (C=O) groups excluding carboxylic acids is 1. The van der Waals surface area contributed by atoms with Crippen molar-refractivity contribution < 1.29 is 21.9 Å². The minimum atomic E-state index is -2.34. The second kappa shape index (κ2) is 10.2. The molecule has 0 saturated heterocycles. The third kappa shape index (κ3) is 4.71. The molecular formula is C28H30ClN2O2P. The molecule has 0 amide bonds. The first kappa shape index (κ1) is 25.8. The average molecular weight is 493 g/mol. The van der Waals surface area contributed by atoms with E-state index in [1.165, 1.54) is 23.0 Å². The molecule has 6 heteroatoms. The van der Waals surface area contributed by atoms with E-state index < -0.39 is 18.9 Å². The van der Waals surface area contributed by atoms with Crippen LogP contribution in [-0.4, -0.2) is 36.8 Å². The van der Waals surface area contributed by atoms with E-state index in [4.69, 9.17) is 14.7 Å². The van der Waals surface area contributed by atoms with Crippen LogP contribution >= 0.6 is 7.26 Å². The van der Waals surface area contributed by atoms with Crippen molar-refractivity contribution in [2.75, 3.05) is 13.3 Å². The lowest BCUT2D eigenvalue weighted by Gasteiger charge is -2.32. The zero-order valence-corrected chi connectivity index (χ0v) is 21.6. The van der Waals surface area contributed by atoms with Gasteiger partial charge in [0.15, 0.2) is 0 Å². The van der Waals surface area contributed by atoms with Crippen molar-refractivity contribution in [2.24, 2.45) is 15.4 Å². The summed E-state index contributed by atoms with van der Waals surface area (Å²) in [5, 5.41) is 3.54. The predicted molar refractivity (Wildman–Crippen MR) is 140 cm³/mol. The Balaban J connectivity index is 0.00000324. The van der Waals surface area contributed by atoms with Crippen LogP contribution in [0.3, 0.4) is 0 Å². The van der Waals surface area contributed by atoms with Crippen LogP contribution in [0, 0.1) is 5.41 Å². The summed E-state index contributed by atoms with van der Waals surface area (Å²) in [6, 6.07) is 31.4. The van der Waals surface area contributed by atoms with Gasteiger partial charge >= 0.3 is 5.97 Å². The average Bonchev–Trinajstić information content (AvgIpc) is 3.30. The van der Waals surface area contributed by atoms with Crippen LogP contribution in [0.25, 0.3) is 0 Å². The molecule has 0 spiro atoms. The lowest BCUT2D eigenvalue weighted by molar-refractivity contribution is -0.145. The maximum absolute atomic E-state index is 13.4. The molecule has 176 valence electrons. The van der Waals surface area contributed by atoms with Crippen molar-refractivity contribution in [3.05, 3.63) is 91.0 Å². The van der Waals surface area contributed by atoms with Gasteiger partial charge < -0.3 is 17.1 Å². The van der Waals surface area contributed by atoms with Gasteiger partial charge in [-0.2, -0.15) is 0 Å². The van der Waals surface area contributed by atoms with Crippen LogP contribution < -0.4 is 28.3 Å². The molecule has 4 rings (SSSR count). The molecule has 34 heavy (non-hydrogen) atoms. The van der Waals surface area contributed by atoms with Crippen LogP contribution in [0.1, 0.15) is 20.8 Å². The number of halogens is 1. The first-order valence-electron chi connectivity index (χ1n) is 11.1. The van der Waals surface area contributed by atoms with Crippen molar-refractivity contribution in [3.63, 3.8) is 0 Å². The highest BCUT2D eigenvalue weighted by molar-refractivity contribution is 7.95. The number of carbonyl (C=O) groups is 1. The summed E-state index contributed by atoms with van der Waals surface area (Å²) in [6.07, 6.45) is 2.17. The van der Waals surface area contributed by atoms with E-state index in [1.807, 2.05) is 18.2 Å². The van der Waals surface area contributed by atoms with Crippen molar-refractivity contribution in [1.82, 2.24) is 0 Å². The summed E-state index contributed by atoms with van der Waals surface area (Å²) >= 11 is 0. The minimum Gasteiger partial charge on any atom is -1.00 e. The lowest BCUT2D eigenvalue weighted by atomic mass is 9.91. The van der Waals surface area contributed by atoms with Gasteiger partial charge in [0.1, 0.15) is 29.3 Å². The largest absolute Gasteiger partial charge is 1.00 e. The molecule has 1 aliphatic rings. The Morgan fingerprint density at radius 1 is 0.824 bits per heavy atom. The molecule has 0 aromatic heterocycles. The number of nitrogens with zero attached hydrogens (tertiary/aromatic N) is 2. The molecule has 0 N–H and O–H groups in total. The minimum absolute atomic E-state index is 0. The lowest BCUT2D eigenvalue weighted by Crippen LogP contribution is -3.00. The fraction of sp³-hybridized carbons (Fsp3) is 0.250. The van der Waals surface area contributed by atoms with Crippen molar-refractivity contribution in [2.45, 2.75) is 26.4 Å².